The number of aromatic nitrogens is 2. The number of carbonyl (C=O) groups is 1. The van der Waals surface area contributed by atoms with E-state index in [0.717, 1.165) is 0 Å². The van der Waals surface area contributed by atoms with Crippen molar-refractivity contribution in [2.45, 2.75) is 0 Å². The molecule has 0 saturated heterocycles. The quantitative estimate of drug-likeness (QED) is 0.640. The van der Waals surface area contributed by atoms with Crippen molar-refractivity contribution in [1.82, 2.24) is 9.97 Å². The second-order valence-corrected chi connectivity index (χ2v) is 2.79. The minimum atomic E-state index is -0.513. The SMILES string of the molecule is C#Cc1ccnc2[nH]cc(C(N)=O)c12. The standard InChI is InChI=1S/C10H7N3O/c1-2-6-3-4-12-10-8(6)7(5-13-10)9(11)14/h1,3-5H,(H2,11,14)(H,12,13). The highest BCUT2D eigenvalue weighted by Gasteiger charge is 2.11. The van der Waals surface area contributed by atoms with Crippen LogP contribution in [0.1, 0.15) is 15.9 Å². The van der Waals surface area contributed by atoms with Gasteiger partial charge in [0.25, 0.3) is 5.91 Å². The Morgan fingerprint density at radius 1 is 1.64 bits per heavy atom. The van der Waals surface area contributed by atoms with E-state index >= 15 is 0 Å². The van der Waals surface area contributed by atoms with Gasteiger partial charge in [-0.3, -0.25) is 4.79 Å². The van der Waals surface area contributed by atoms with Crippen LogP contribution in [0.2, 0.25) is 0 Å². The molecule has 0 spiro atoms. The lowest BCUT2D eigenvalue weighted by atomic mass is 10.1. The molecule has 0 aromatic carbocycles. The molecule has 14 heavy (non-hydrogen) atoms. The van der Waals surface area contributed by atoms with E-state index in [1.54, 1.807) is 12.3 Å². The van der Waals surface area contributed by atoms with Crippen molar-refractivity contribution in [3.63, 3.8) is 0 Å². The first-order valence-electron chi connectivity index (χ1n) is 3.96. The fraction of sp³-hybridized carbons (Fsp3) is 0. The largest absolute Gasteiger partial charge is 0.366 e. The average molecular weight is 185 g/mol. The highest BCUT2D eigenvalue weighted by Crippen LogP contribution is 2.19. The molecule has 0 aliphatic heterocycles. The van der Waals surface area contributed by atoms with Gasteiger partial charge in [-0.2, -0.15) is 0 Å². The summed E-state index contributed by atoms with van der Waals surface area (Å²) in [6.07, 6.45) is 8.40. The second kappa shape index (κ2) is 2.89. The first-order valence-corrected chi connectivity index (χ1v) is 3.96. The van der Waals surface area contributed by atoms with Gasteiger partial charge in [0, 0.05) is 23.3 Å². The molecule has 2 aromatic rings. The summed E-state index contributed by atoms with van der Waals surface area (Å²) in [5.74, 6) is 1.97. The lowest BCUT2D eigenvalue weighted by Gasteiger charge is -1.95. The molecule has 0 fully saturated rings. The number of fused-ring (bicyclic) bond motifs is 1. The molecule has 0 saturated carbocycles. The molecule has 4 heteroatoms. The fourth-order valence-electron chi connectivity index (χ4n) is 1.37. The van der Waals surface area contributed by atoms with Crippen molar-refractivity contribution in [1.29, 1.82) is 0 Å². The minimum absolute atomic E-state index is 0.376. The first-order chi connectivity index (χ1) is 6.74. The molecular weight excluding hydrogens is 178 g/mol. The second-order valence-electron chi connectivity index (χ2n) is 2.79. The molecule has 0 unspecified atom stereocenters. The highest BCUT2D eigenvalue weighted by molar-refractivity contribution is 6.07. The molecule has 3 N–H and O–H groups in total. The van der Waals surface area contributed by atoms with Crippen LogP contribution in [0.5, 0.6) is 0 Å². The summed E-state index contributed by atoms with van der Waals surface area (Å²) >= 11 is 0. The normalized spacial score (nSPS) is 9.93. The average Bonchev–Trinajstić information content (AvgIpc) is 2.60. The minimum Gasteiger partial charge on any atom is -0.366 e. The molecule has 2 rings (SSSR count). The number of rotatable bonds is 1. The van der Waals surface area contributed by atoms with Crippen LogP contribution >= 0.6 is 0 Å². The number of nitrogens with zero attached hydrogens (tertiary/aromatic N) is 1. The number of terminal acetylenes is 1. The Labute approximate surface area is 80.1 Å². The molecule has 4 nitrogen and oxygen atoms in total. The molecule has 0 aliphatic rings. The van der Waals surface area contributed by atoms with E-state index in [9.17, 15) is 4.79 Å². The molecule has 2 heterocycles. The number of primary amides is 1. The Hall–Kier alpha value is -2.28. The maximum absolute atomic E-state index is 11.1. The fourth-order valence-corrected chi connectivity index (χ4v) is 1.37. The number of pyridine rings is 1. The van der Waals surface area contributed by atoms with Crippen LogP contribution in [0.3, 0.4) is 0 Å². The number of aromatic amines is 1. The monoisotopic (exact) mass is 185 g/mol. The van der Waals surface area contributed by atoms with Crippen LogP contribution < -0.4 is 5.73 Å². The van der Waals surface area contributed by atoms with Crippen LogP contribution in [0.25, 0.3) is 11.0 Å². The van der Waals surface area contributed by atoms with Gasteiger partial charge in [0.2, 0.25) is 0 Å². The van der Waals surface area contributed by atoms with Crippen molar-refractivity contribution in [2.75, 3.05) is 0 Å². The van der Waals surface area contributed by atoms with Crippen molar-refractivity contribution in [3.05, 3.63) is 29.6 Å². The Kier molecular flexibility index (Phi) is 1.72. The summed E-state index contributed by atoms with van der Waals surface area (Å²) in [7, 11) is 0. The first kappa shape index (κ1) is 8.32. The van der Waals surface area contributed by atoms with Crippen LogP contribution in [-0.2, 0) is 0 Å². The lowest BCUT2D eigenvalue weighted by Crippen LogP contribution is -2.10. The maximum atomic E-state index is 11.1. The molecular formula is C10H7N3O. The number of hydrogen-bond acceptors (Lipinski definition) is 2. The van der Waals surface area contributed by atoms with E-state index in [-0.39, 0.29) is 0 Å². The van der Waals surface area contributed by atoms with Gasteiger partial charge < -0.3 is 10.7 Å². The molecule has 0 aliphatic carbocycles. The Morgan fingerprint density at radius 3 is 3.07 bits per heavy atom. The summed E-state index contributed by atoms with van der Waals surface area (Å²) in [6, 6.07) is 1.67. The Morgan fingerprint density at radius 2 is 2.43 bits per heavy atom. The van der Waals surface area contributed by atoms with Crippen molar-refractivity contribution < 1.29 is 4.79 Å². The van der Waals surface area contributed by atoms with E-state index in [2.05, 4.69) is 15.9 Å². The van der Waals surface area contributed by atoms with Gasteiger partial charge >= 0.3 is 0 Å². The van der Waals surface area contributed by atoms with Gasteiger partial charge in [0.05, 0.1) is 5.56 Å². The summed E-state index contributed by atoms with van der Waals surface area (Å²) in [4.78, 5) is 17.9. The number of carbonyl (C=O) groups excluding carboxylic acids is 1. The van der Waals surface area contributed by atoms with Gasteiger partial charge in [-0.15, -0.1) is 6.42 Å². The molecule has 0 atom stereocenters. The summed E-state index contributed by atoms with van der Waals surface area (Å²) < 4.78 is 0. The zero-order chi connectivity index (χ0) is 10.1. The van der Waals surface area contributed by atoms with E-state index in [1.165, 1.54) is 6.20 Å². The highest BCUT2D eigenvalue weighted by atomic mass is 16.1. The zero-order valence-corrected chi connectivity index (χ0v) is 7.24. The van der Waals surface area contributed by atoms with Crippen molar-refractivity contribution >= 4 is 16.9 Å². The van der Waals surface area contributed by atoms with Gasteiger partial charge in [-0.25, -0.2) is 4.98 Å². The van der Waals surface area contributed by atoms with Gasteiger partial charge in [0.1, 0.15) is 5.65 Å². The Balaban J connectivity index is 2.89. The van der Waals surface area contributed by atoms with Gasteiger partial charge in [-0.1, -0.05) is 5.92 Å². The smallest absolute Gasteiger partial charge is 0.250 e. The van der Waals surface area contributed by atoms with Crippen LogP contribution in [-0.4, -0.2) is 15.9 Å². The predicted molar refractivity (Wildman–Crippen MR) is 52.5 cm³/mol. The van der Waals surface area contributed by atoms with E-state index in [4.69, 9.17) is 12.2 Å². The maximum Gasteiger partial charge on any atom is 0.250 e. The Bertz CT molecular complexity index is 548. The lowest BCUT2D eigenvalue weighted by molar-refractivity contribution is 0.100. The van der Waals surface area contributed by atoms with Gasteiger partial charge in [-0.05, 0) is 6.07 Å². The number of H-pyrrole nitrogens is 1. The molecule has 0 radical (unpaired) electrons. The third-order valence-electron chi connectivity index (χ3n) is 1.99. The third kappa shape index (κ3) is 1.04. The van der Waals surface area contributed by atoms with E-state index in [0.29, 0.717) is 22.2 Å². The predicted octanol–water partition coefficient (Wildman–Crippen LogP) is 0.643. The molecule has 2 aromatic heterocycles. The van der Waals surface area contributed by atoms with Crippen LogP contribution in [0.15, 0.2) is 18.5 Å². The van der Waals surface area contributed by atoms with E-state index in [1.807, 2.05) is 0 Å². The number of amides is 1. The van der Waals surface area contributed by atoms with E-state index < -0.39 is 5.91 Å². The number of nitrogens with two attached hydrogens (primary N) is 1. The third-order valence-corrected chi connectivity index (χ3v) is 1.99. The van der Waals surface area contributed by atoms with Crippen LogP contribution in [0, 0.1) is 12.3 Å². The molecule has 0 bridgehead atoms. The molecule has 68 valence electrons. The number of nitrogens with one attached hydrogen (secondary N) is 1. The van der Waals surface area contributed by atoms with Crippen molar-refractivity contribution in [2.24, 2.45) is 5.73 Å². The van der Waals surface area contributed by atoms with Crippen LogP contribution in [0.4, 0.5) is 0 Å². The topological polar surface area (TPSA) is 71.8 Å². The van der Waals surface area contributed by atoms with Crippen molar-refractivity contribution in [3.8, 4) is 12.3 Å². The molecule has 1 amide bonds. The zero-order valence-electron chi connectivity index (χ0n) is 7.24. The summed E-state index contributed by atoms with van der Waals surface area (Å²) in [6.45, 7) is 0. The summed E-state index contributed by atoms with van der Waals surface area (Å²) in [5.41, 5.74) is 6.76. The van der Waals surface area contributed by atoms with Gasteiger partial charge in [0.15, 0.2) is 0 Å². The summed E-state index contributed by atoms with van der Waals surface area (Å²) in [5, 5.41) is 0.613. The number of hydrogen-bond donors (Lipinski definition) is 2.